The molecule has 0 radical (unpaired) electrons. The summed E-state index contributed by atoms with van der Waals surface area (Å²) in [4.78, 5) is 12.9. The number of para-hydroxylation sites is 3. The van der Waals surface area contributed by atoms with Gasteiger partial charge in [0.2, 0.25) is 0 Å². The van der Waals surface area contributed by atoms with Gasteiger partial charge in [-0.15, -0.1) is 0 Å². The highest BCUT2D eigenvalue weighted by molar-refractivity contribution is 6.00. The number of anilines is 1. The Morgan fingerprint density at radius 1 is 1.00 bits per heavy atom. The molecule has 146 valence electrons. The van der Waals surface area contributed by atoms with Crippen LogP contribution in [-0.2, 0) is 5.54 Å². The van der Waals surface area contributed by atoms with E-state index in [4.69, 9.17) is 4.74 Å². The van der Waals surface area contributed by atoms with Crippen LogP contribution in [0.25, 0.3) is 0 Å². The van der Waals surface area contributed by atoms with Gasteiger partial charge < -0.3 is 14.6 Å². The first-order valence-electron chi connectivity index (χ1n) is 9.56. The minimum Gasteiger partial charge on any atom is -0.455 e. The van der Waals surface area contributed by atoms with Crippen molar-refractivity contribution >= 4 is 11.5 Å². The predicted molar refractivity (Wildman–Crippen MR) is 115 cm³/mol. The molecule has 1 heterocycles. The summed E-state index contributed by atoms with van der Waals surface area (Å²) < 4.78 is 8.18. The number of benzene rings is 2. The van der Waals surface area contributed by atoms with E-state index in [0.717, 1.165) is 28.4 Å². The number of ketones is 1. The van der Waals surface area contributed by atoms with Gasteiger partial charge in [-0.2, -0.15) is 0 Å². The van der Waals surface area contributed by atoms with E-state index < -0.39 is 0 Å². The molecule has 0 aliphatic carbocycles. The molecule has 1 N–H and O–H groups in total. The zero-order chi connectivity index (χ0) is 20.3. The third-order valence-electron chi connectivity index (χ3n) is 4.70. The Morgan fingerprint density at radius 3 is 2.29 bits per heavy atom. The topological polar surface area (TPSA) is 43.3 Å². The summed E-state index contributed by atoms with van der Waals surface area (Å²) in [5, 5.41) is 3.24. The molecule has 0 aliphatic rings. The molecule has 3 aromatic rings. The zero-order valence-corrected chi connectivity index (χ0v) is 17.2. The number of carbonyl (C=O) groups excluding carboxylic acids is 1. The second-order valence-corrected chi connectivity index (χ2v) is 7.98. The normalized spacial score (nSPS) is 11.3. The van der Waals surface area contributed by atoms with Gasteiger partial charge in [0.15, 0.2) is 11.5 Å². The van der Waals surface area contributed by atoms with Gasteiger partial charge in [0.1, 0.15) is 5.75 Å². The van der Waals surface area contributed by atoms with E-state index in [1.54, 1.807) is 0 Å². The summed E-state index contributed by atoms with van der Waals surface area (Å²) in [5.74, 6) is 1.52. The number of hydrogen-bond acceptors (Lipinski definition) is 3. The van der Waals surface area contributed by atoms with Crippen LogP contribution >= 0.6 is 0 Å². The average Bonchev–Trinajstić information content (AvgIpc) is 2.96. The van der Waals surface area contributed by atoms with Gasteiger partial charge >= 0.3 is 0 Å². The van der Waals surface area contributed by atoms with E-state index in [9.17, 15) is 4.79 Å². The highest BCUT2D eigenvalue weighted by atomic mass is 16.5. The number of Topliss-reactive ketones (excluding diaryl/α,β-unsaturated/α-hetero) is 1. The lowest BCUT2D eigenvalue weighted by molar-refractivity contribution is 0.100. The van der Waals surface area contributed by atoms with Gasteiger partial charge in [-0.3, -0.25) is 4.79 Å². The molecule has 0 atom stereocenters. The first-order valence-corrected chi connectivity index (χ1v) is 9.56. The largest absolute Gasteiger partial charge is 0.455 e. The Balaban J connectivity index is 1.76. The van der Waals surface area contributed by atoms with Crippen LogP contribution in [0.1, 0.15) is 42.5 Å². The van der Waals surface area contributed by atoms with Crippen molar-refractivity contribution in [3.05, 3.63) is 77.6 Å². The molecule has 28 heavy (non-hydrogen) atoms. The Kier molecular flexibility index (Phi) is 5.59. The van der Waals surface area contributed by atoms with E-state index in [0.29, 0.717) is 5.75 Å². The van der Waals surface area contributed by atoms with Crippen LogP contribution in [0, 0.1) is 13.8 Å². The summed E-state index contributed by atoms with van der Waals surface area (Å²) in [6, 6.07) is 19.3. The zero-order valence-electron chi connectivity index (χ0n) is 17.2. The van der Waals surface area contributed by atoms with Crippen molar-refractivity contribution < 1.29 is 9.53 Å². The molecule has 0 fully saturated rings. The molecule has 1 aromatic heterocycles. The van der Waals surface area contributed by atoms with Crippen LogP contribution in [0.4, 0.5) is 5.69 Å². The van der Waals surface area contributed by atoms with Crippen LogP contribution in [-0.4, -0.2) is 16.9 Å². The predicted octanol–water partition coefficient (Wildman–Crippen LogP) is 5.95. The van der Waals surface area contributed by atoms with Gasteiger partial charge in [0, 0.05) is 22.5 Å². The molecule has 0 spiro atoms. The fourth-order valence-corrected chi connectivity index (χ4v) is 3.67. The molecule has 2 aromatic carbocycles. The third kappa shape index (κ3) is 4.28. The Morgan fingerprint density at radius 2 is 1.64 bits per heavy atom. The molecule has 4 heteroatoms. The van der Waals surface area contributed by atoms with E-state index >= 15 is 0 Å². The Hall–Kier alpha value is -3.01. The number of nitrogens with one attached hydrogen (secondary N) is 1. The highest BCUT2D eigenvalue weighted by Crippen LogP contribution is 2.29. The second kappa shape index (κ2) is 7.93. The fraction of sp³-hybridized carbons (Fsp3) is 0.292. The lowest BCUT2D eigenvalue weighted by Gasteiger charge is -2.25. The molecular weight excluding hydrogens is 348 g/mol. The first kappa shape index (κ1) is 19.7. The van der Waals surface area contributed by atoms with Crippen molar-refractivity contribution in [2.75, 3.05) is 11.9 Å². The van der Waals surface area contributed by atoms with Gasteiger partial charge in [0.05, 0.1) is 12.2 Å². The van der Waals surface area contributed by atoms with Crippen molar-refractivity contribution in [2.45, 2.75) is 40.2 Å². The molecule has 0 amide bonds. The molecule has 0 bridgehead atoms. The number of hydrogen-bond donors (Lipinski definition) is 1. The number of nitrogens with zero attached hydrogens (tertiary/aromatic N) is 1. The maximum atomic E-state index is 12.9. The summed E-state index contributed by atoms with van der Waals surface area (Å²) in [5.41, 5.74) is 3.61. The molecule has 0 saturated carbocycles. The summed E-state index contributed by atoms with van der Waals surface area (Å²) in [7, 11) is 0. The van der Waals surface area contributed by atoms with E-state index in [-0.39, 0.29) is 17.9 Å². The number of carbonyl (C=O) groups is 1. The van der Waals surface area contributed by atoms with Crippen molar-refractivity contribution in [3.63, 3.8) is 0 Å². The molecule has 4 nitrogen and oxygen atoms in total. The van der Waals surface area contributed by atoms with Crippen LogP contribution in [0.15, 0.2) is 60.7 Å². The molecule has 0 saturated heterocycles. The smallest absolute Gasteiger partial charge is 0.183 e. The van der Waals surface area contributed by atoms with Crippen LogP contribution in [0.5, 0.6) is 11.5 Å². The molecular formula is C24H28N2O2. The van der Waals surface area contributed by atoms with E-state index in [2.05, 4.69) is 30.7 Å². The van der Waals surface area contributed by atoms with Gasteiger partial charge in [-0.05, 0) is 65.0 Å². The van der Waals surface area contributed by atoms with Crippen LogP contribution in [0.3, 0.4) is 0 Å². The van der Waals surface area contributed by atoms with Gasteiger partial charge in [-0.25, -0.2) is 0 Å². The summed E-state index contributed by atoms with van der Waals surface area (Å²) >= 11 is 0. The van der Waals surface area contributed by atoms with E-state index in [1.807, 2.05) is 74.5 Å². The fourth-order valence-electron chi connectivity index (χ4n) is 3.67. The Bertz CT molecular complexity index is 966. The lowest BCUT2D eigenvalue weighted by Crippen LogP contribution is -2.24. The first-order chi connectivity index (χ1) is 13.3. The highest BCUT2D eigenvalue weighted by Gasteiger charge is 2.22. The minimum atomic E-state index is -0.0593. The van der Waals surface area contributed by atoms with Crippen LogP contribution < -0.4 is 10.1 Å². The maximum absolute atomic E-state index is 12.9. The summed E-state index contributed by atoms with van der Waals surface area (Å²) in [6.45, 7) is 10.7. The number of ether oxygens (including phenoxy) is 1. The standard InChI is InChI=1S/C24H28N2O2/c1-17-15-20(18(2)26(17)24(3,4)5)22(27)16-25-21-13-9-10-14-23(21)28-19-11-7-6-8-12-19/h6-15,25H,16H2,1-5H3. The van der Waals surface area contributed by atoms with Gasteiger partial charge in [0.25, 0.3) is 0 Å². The lowest BCUT2D eigenvalue weighted by atomic mass is 10.1. The maximum Gasteiger partial charge on any atom is 0.183 e. The van der Waals surface area contributed by atoms with Crippen molar-refractivity contribution in [1.82, 2.24) is 4.57 Å². The third-order valence-corrected chi connectivity index (χ3v) is 4.70. The molecule has 0 aliphatic heterocycles. The second-order valence-electron chi connectivity index (χ2n) is 7.98. The number of rotatable bonds is 6. The average molecular weight is 377 g/mol. The number of aryl methyl sites for hydroxylation is 1. The van der Waals surface area contributed by atoms with Crippen molar-refractivity contribution in [3.8, 4) is 11.5 Å². The number of aromatic nitrogens is 1. The quantitative estimate of drug-likeness (QED) is 0.541. The Labute approximate surface area is 167 Å². The monoisotopic (exact) mass is 376 g/mol. The van der Waals surface area contributed by atoms with Gasteiger partial charge in [-0.1, -0.05) is 30.3 Å². The van der Waals surface area contributed by atoms with Crippen molar-refractivity contribution in [2.24, 2.45) is 0 Å². The van der Waals surface area contributed by atoms with Crippen molar-refractivity contribution in [1.29, 1.82) is 0 Å². The molecule has 0 unspecified atom stereocenters. The van der Waals surface area contributed by atoms with E-state index in [1.165, 1.54) is 0 Å². The van der Waals surface area contributed by atoms with Crippen LogP contribution in [0.2, 0.25) is 0 Å². The minimum absolute atomic E-state index is 0.0593. The molecule has 3 rings (SSSR count). The summed E-state index contributed by atoms with van der Waals surface area (Å²) in [6.07, 6.45) is 0. The SMILES string of the molecule is Cc1cc(C(=O)CNc2ccccc2Oc2ccccc2)c(C)n1C(C)(C)C.